The molecule has 3 heterocycles. The number of hydrogen-bond donors (Lipinski definition) is 0. The summed E-state index contributed by atoms with van der Waals surface area (Å²) in [5.41, 5.74) is 0.892. The van der Waals surface area contributed by atoms with Crippen LogP contribution >= 0.6 is 23.4 Å². The summed E-state index contributed by atoms with van der Waals surface area (Å²) in [6, 6.07) is 12.2. The summed E-state index contributed by atoms with van der Waals surface area (Å²) in [5, 5.41) is 0.856. The molecule has 1 aromatic heterocycles. The lowest BCUT2D eigenvalue weighted by atomic mass is 9.93. The van der Waals surface area contributed by atoms with Crippen molar-refractivity contribution in [3.8, 4) is 0 Å². The highest BCUT2D eigenvalue weighted by Gasteiger charge is 2.34. The Bertz CT molecular complexity index is 1090. The van der Waals surface area contributed by atoms with Crippen molar-refractivity contribution < 1.29 is 9.59 Å². The first-order valence-electron chi connectivity index (χ1n) is 12.9. The SMILES string of the molecule is CC1CN(c2cc(Cl)nc(SCC(=O)N3CCN(Cc4ccccc4)CC3)n2)CCN1C(=O)C(C)(C)C. The van der Waals surface area contributed by atoms with Gasteiger partial charge in [-0.2, -0.15) is 0 Å². The van der Waals surface area contributed by atoms with Crippen molar-refractivity contribution in [2.45, 2.75) is 45.4 Å². The second-order valence-electron chi connectivity index (χ2n) is 10.8. The fourth-order valence-corrected chi connectivity index (χ4v) is 5.71. The first kappa shape index (κ1) is 27.7. The van der Waals surface area contributed by atoms with Gasteiger partial charge in [-0.05, 0) is 12.5 Å². The minimum atomic E-state index is -0.403. The van der Waals surface area contributed by atoms with Gasteiger partial charge in [-0.1, -0.05) is 74.5 Å². The van der Waals surface area contributed by atoms with Crippen molar-refractivity contribution in [2.24, 2.45) is 5.41 Å². The molecule has 1 unspecified atom stereocenters. The zero-order chi connectivity index (χ0) is 26.6. The highest BCUT2D eigenvalue weighted by atomic mass is 35.5. The lowest BCUT2D eigenvalue weighted by molar-refractivity contribution is -0.142. The van der Waals surface area contributed by atoms with E-state index in [0.29, 0.717) is 29.9 Å². The minimum absolute atomic E-state index is 0.0625. The number of thioether (sulfide) groups is 1. The Hall–Kier alpha value is -2.36. The molecule has 0 saturated carbocycles. The van der Waals surface area contributed by atoms with Gasteiger partial charge >= 0.3 is 0 Å². The number of benzene rings is 1. The molecular weight excluding hydrogens is 508 g/mol. The fourth-order valence-electron chi connectivity index (χ4n) is 4.72. The molecule has 0 bridgehead atoms. The lowest BCUT2D eigenvalue weighted by Crippen LogP contribution is -2.56. The van der Waals surface area contributed by atoms with Crippen molar-refractivity contribution in [1.82, 2.24) is 24.7 Å². The van der Waals surface area contributed by atoms with Gasteiger partial charge in [-0.25, -0.2) is 9.97 Å². The van der Waals surface area contributed by atoms with E-state index >= 15 is 0 Å². The molecule has 8 nitrogen and oxygen atoms in total. The maximum atomic E-state index is 12.9. The molecule has 0 spiro atoms. The molecule has 1 atom stereocenters. The van der Waals surface area contributed by atoms with Crippen LogP contribution in [0, 0.1) is 5.41 Å². The third kappa shape index (κ3) is 7.36. The monoisotopic (exact) mass is 544 g/mol. The Kier molecular flexibility index (Phi) is 8.98. The molecule has 0 N–H and O–H groups in total. The Labute approximate surface area is 229 Å². The van der Waals surface area contributed by atoms with E-state index in [0.717, 1.165) is 38.5 Å². The zero-order valence-electron chi connectivity index (χ0n) is 22.2. The number of carbonyl (C=O) groups excluding carboxylic acids is 2. The number of rotatable bonds is 6. The van der Waals surface area contributed by atoms with Crippen molar-refractivity contribution in [2.75, 3.05) is 56.5 Å². The smallest absolute Gasteiger partial charge is 0.233 e. The summed E-state index contributed by atoms with van der Waals surface area (Å²) in [6.45, 7) is 14.0. The molecule has 2 aliphatic rings. The van der Waals surface area contributed by atoms with E-state index in [4.69, 9.17) is 16.6 Å². The van der Waals surface area contributed by atoms with Gasteiger partial charge in [0.25, 0.3) is 0 Å². The van der Waals surface area contributed by atoms with E-state index in [1.807, 2.05) is 36.6 Å². The number of carbonyl (C=O) groups is 2. The summed E-state index contributed by atoms with van der Waals surface area (Å²) in [4.78, 5) is 43.1. The van der Waals surface area contributed by atoms with Crippen LogP contribution in [-0.2, 0) is 16.1 Å². The third-order valence-corrected chi connectivity index (χ3v) is 7.84. The Balaban J connectivity index is 1.28. The van der Waals surface area contributed by atoms with Gasteiger partial charge in [0.05, 0.1) is 5.75 Å². The average molecular weight is 545 g/mol. The number of halogens is 1. The molecule has 0 radical (unpaired) electrons. The molecule has 2 fully saturated rings. The molecular formula is C27H37ClN6O2S. The fraction of sp³-hybridized carbons (Fsp3) is 0.556. The van der Waals surface area contributed by atoms with Gasteiger partial charge in [0.1, 0.15) is 11.0 Å². The standard InChI is InChI=1S/C27H37ClN6O2S/c1-20-17-33(14-15-34(20)25(36)27(2,3)4)23-16-22(28)29-26(30-23)37-19-24(35)32-12-10-31(11-13-32)18-21-8-6-5-7-9-21/h5-9,16,20H,10-15,17-19H2,1-4H3. The summed E-state index contributed by atoms with van der Waals surface area (Å²) < 4.78 is 0. The van der Waals surface area contributed by atoms with Gasteiger partial charge in [-0.15, -0.1) is 0 Å². The first-order valence-corrected chi connectivity index (χ1v) is 14.2. The van der Waals surface area contributed by atoms with Gasteiger partial charge in [-0.3, -0.25) is 14.5 Å². The molecule has 2 saturated heterocycles. The van der Waals surface area contributed by atoms with Crippen LogP contribution in [0.1, 0.15) is 33.3 Å². The van der Waals surface area contributed by atoms with E-state index in [-0.39, 0.29) is 23.6 Å². The van der Waals surface area contributed by atoms with Crippen LogP contribution in [0.4, 0.5) is 5.82 Å². The van der Waals surface area contributed by atoms with E-state index in [1.54, 1.807) is 6.07 Å². The topological polar surface area (TPSA) is 72.9 Å². The van der Waals surface area contributed by atoms with Crippen molar-refractivity contribution in [3.05, 3.63) is 47.1 Å². The van der Waals surface area contributed by atoms with E-state index in [9.17, 15) is 9.59 Å². The van der Waals surface area contributed by atoms with Gasteiger partial charge in [0.2, 0.25) is 11.8 Å². The summed E-state index contributed by atoms with van der Waals surface area (Å²) in [5.74, 6) is 1.27. The highest BCUT2D eigenvalue weighted by Crippen LogP contribution is 2.26. The average Bonchev–Trinajstić information content (AvgIpc) is 2.87. The molecule has 4 rings (SSSR count). The number of anilines is 1. The highest BCUT2D eigenvalue weighted by molar-refractivity contribution is 7.99. The molecule has 37 heavy (non-hydrogen) atoms. The van der Waals surface area contributed by atoms with Crippen molar-refractivity contribution >= 4 is 41.0 Å². The number of piperazine rings is 2. The van der Waals surface area contributed by atoms with Crippen LogP contribution in [0.3, 0.4) is 0 Å². The summed E-state index contributed by atoms with van der Waals surface area (Å²) in [6.07, 6.45) is 0. The second kappa shape index (κ2) is 12.0. The van der Waals surface area contributed by atoms with Crippen molar-refractivity contribution in [1.29, 1.82) is 0 Å². The van der Waals surface area contributed by atoms with E-state index < -0.39 is 5.41 Å². The normalized spacial score (nSPS) is 19.3. The lowest BCUT2D eigenvalue weighted by Gasteiger charge is -2.42. The van der Waals surface area contributed by atoms with Crippen LogP contribution in [0.2, 0.25) is 5.15 Å². The van der Waals surface area contributed by atoms with Crippen LogP contribution in [0.25, 0.3) is 0 Å². The number of amides is 2. The van der Waals surface area contributed by atoms with Crippen LogP contribution in [0.15, 0.2) is 41.6 Å². The Morgan fingerprint density at radius 3 is 2.38 bits per heavy atom. The zero-order valence-corrected chi connectivity index (χ0v) is 23.8. The van der Waals surface area contributed by atoms with Gasteiger partial charge < -0.3 is 14.7 Å². The molecule has 1 aromatic carbocycles. The molecule has 10 heteroatoms. The molecule has 2 amide bonds. The maximum Gasteiger partial charge on any atom is 0.233 e. The molecule has 200 valence electrons. The van der Waals surface area contributed by atoms with Gasteiger partial charge in [0, 0.05) is 69.9 Å². The minimum Gasteiger partial charge on any atom is -0.353 e. The summed E-state index contributed by atoms with van der Waals surface area (Å²) >= 11 is 7.66. The molecule has 0 aliphatic carbocycles. The van der Waals surface area contributed by atoms with Crippen LogP contribution in [0.5, 0.6) is 0 Å². The Morgan fingerprint density at radius 2 is 1.73 bits per heavy atom. The van der Waals surface area contributed by atoms with Crippen LogP contribution < -0.4 is 4.90 Å². The largest absolute Gasteiger partial charge is 0.353 e. The number of nitrogens with zero attached hydrogens (tertiary/aromatic N) is 6. The Morgan fingerprint density at radius 1 is 1.03 bits per heavy atom. The van der Waals surface area contributed by atoms with Gasteiger partial charge in [0.15, 0.2) is 5.16 Å². The molecule has 2 aliphatic heterocycles. The second-order valence-corrected chi connectivity index (χ2v) is 12.1. The third-order valence-electron chi connectivity index (χ3n) is 6.81. The number of aromatic nitrogens is 2. The van der Waals surface area contributed by atoms with Crippen LogP contribution in [-0.4, -0.2) is 94.1 Å². The number of hydrogen-bond acceptors (Lipinski definition) is 7. The first-order chi connectivity index (χ1) is 17.6. The predicted molar refractivity (Wildman–Crippen MR) is 149 cm³/mol. The predicted octanol–water partition coefficient (Wildman–Crippen LogP) is 3.65. The summed E-state index contributed by atoms with van der Waals surface area (Å²) in [7, 11) is 0. The maximum absolute atomic E-state index is 12.9. The van der Waals surface area contributed by atoms with E-state index in [2.05, 4.69) is 46.0 Å². The van der Waals surface area contributed by atoms with Crippen molar-refractivity contribution in [3.63, 3.8) is 0 Å². The molecule has 2 aromatic rings. The van der Waals surface area contributed by atoms with E-state index in [1.165, 1.54) is 17.3 Å². The quantitative estimate of drug-likeness (QED) is 0.312.